The predicted molar refractivity (Wildman–Crippen MR) is 46.8 cm³/mol. The monoisotopic (exact) mass is 212 g/mol. The van der Waals surface area contributed by atoms with Gasteiger partial charge in [-0.05, 0) is 6.54 Å². The largest absolute Gasteiger partial charge is 0.390 e. The summed E-state index contributed by atoms with van der Waals surface area (Å²) in [5.41, 5.74) is 0. The molecule has 0 aliphatic rings. The number of amides is 1. The summed E-state index contributed by atoms with van der Waals surface area (Å²) in [6.07, 6.45) is -4.96. The molecule has 0 unspecified atom stereocenters. The SMILES string of the molecule is CCNCCC(=O)NCCC(F)(F)F. The van der Waals surface area contributed by atoms with Gasteiger partial charge < -0.3 is 10.6 Å². The Labute approximate surface area is 81.1 Å². The van der Waals surface area contributed by atoms with E-state index in [1.165, 1.54) is 0 Å². The maximum absolute atomic E-state index is 11.6. The summed E-state index contributed by atoms with van der Waals surface area (Å²) in [5.74, 6) is -0.352. The lowest BCUT2D eigenvalue weighted by Crippen LogP contribution is -2.30. The van der Waals surface area contributed by atoms with Gasteiger partial charge in [0.1, 0.15) is 0 Å². The molecular weight excluding hydrogens is 197 g/mol. The van der Waals surface area contributed by atoms with Crippen LogP contribution in [0.4, 0.5) is 13.2 Å². The second kappa shape index (κ2) is 6.64. The molecule has 0 rings (SSSR count). The minimum Gasteiger partial charge on any atom is -0.356 e. The van der Waals surface area contributed by atoms with E-state index in [-0.39, 0.29) is 18.9 Å². The van der Waals surface area contributed by atoms with Crippen LogP contribution in [-0.4, -0.2) is 31.7 Å². The molecule has 0 aromatic carbocycles. The lowest BCUT2D eigenvalue weighted by Gasteiger charge is -2.07. The third kappa shape index (κ3) is 9.31. The van der Waals surface area contributed by atoms with Crippen LogP contribution in [0.25, 0.3) is 0 Å². The Balaban J connectivity index is 3.36. The molecule has 14 heavy (non-hydrogen) atoms. The van der Waals surface area contributed by atoms with Crippen molar-refractivity contribution >= 4 is 5.91 Å². The Morgan fingerprint density at radius 1 is 1.29 bits per heavy atom. The Morgan fingerprint density at radius 2 is 1.93 bits per heavy atom. The van der Waals surface area contributed by atoms with Crippen molar-refractivity contribution in [1.82, 2.24) is 10.6 Å². The molecule has 1 amide bonds. The van der Waals surface area contributed by atoms with Gasteiger partial charge >= 0.3 is 6.18 Å². The molecular formula is C8H15F3N2O. The zero-order valence-corrected chi connectivity index (χ0v) is 8.08. The van der Waals surface area contributed by atoms with E-state index in [4.69, 9.17) is 0 Å². The summed E-state index contributed by atoms with van der Waals surface area (Å²) >= 11 is 0. The molecule has 0 aliphatic heterocycles. The summed E-state index contributed by atoms with van der Waals surface area (Å²) in [6.45, 7) is 2.79. The van der Waals surface area contributed by atoms with Crippen LogP contribution >= 0.6 is 0 Å². The summed E-state index contributed by atoms with van der Waals surface area (Å²) in [4.78, 5) is 10.9. The van der Waals surface area contributed by atoms with E-state index in [0.717, 1.165) is 6.54 Å². The maximum atomic E-state index is 11.6. The molecule has 0 aromatic heterocycles. The van der Waals surface area contributed by atoms with Gasteiger partial charge in [-0.3, -0.25) is 4.79 Å². The summed E-state index contributed by atoms with van der Waals surface area (Å²) in [7, 11) is 0. The number of hydrogen-bond acceptors (Lipinski definition) is 2. The number of carbonyl (C=O) groups is 1. The number of nitrogens with one attached hydrogen (secondary N) is 2. The van der Waals surface area contributed by atoms with Gasteiger partial charge in [-0.15, -0.1) is 0 Å². The number of hydrogen-bond donors (Lipinski definition) is 2. The molecule has 0 heterocycles. The van der Waals surface area contributed by atoms with Crippen LogP contribution in [0.3, 0.4) is 0 Å². The first-order valence-electron chi connectivity index (χ1n) is 4.50. The van der Waals surface area contributed by atoms with Crippen LogP contribution < -0.4 is 10.6 Å². The van der Waals surface area contributed by atoms with Crippen molar-refractivity contribution in [2.75, 3.05) is 19.6 Å². The summed E-state index contributed by atoms with van der Waals surface area (Å²) in [5, 5.41) is 5.10. The van der Waals surface area contributed by atoms with Crippen LogP contribution in [0, 0.1) is 0 Å². The fourth-order valence-electron chi connectivity index (χ4n) is 0.811. The molecule has 84 valence electrons. The van der Waals surface area contributed by atoms with Gasteiger partial charge in [0.05, 0.1) is 6.42 Å². The number of rotatable bonds is 6. The van der Waals surface area contributed by atoms with Gasteiger partial charge in [-0.2, -0.15) is 13.2 Å². The molecule has 0 radical (unpaired) electrons. The smallest absolute Gasteiger partial charge is 0.356 e. The molecule has 6 heteroatoms. The van der Waals surface area contributed by atoms with E-state index in [1.807, 2.05) is 6.92 Å². The Hall–Kier alpha value is -0.780. The van der Waals surface area contributed by atoms with Crippen molar-refractivity contribution in [1.29, 1.82) is 0 Å². The van der Waals surface area contributed by atoms with Gasteiger partial charge in [0, 0.05) is 19.5 Å². The number of alkyl halides is 3. The molecule has 2 N–H and O–H groups in total. The highest BCUT2D eigenvalue weighted by Crippen LogP contribution is 2.17. The molecule has 0 aliphatic carbocycles. The summed E-state index contributed by atoms with van der Waals surface area (Å²) in [6, 6.07) is 0. The average Bonchev–Trinajstić information content (AvgIpc) is 2.02. The van der Waals surface area contributed by atoms with Crippen LogP contribution in [0.2, 0.25) is 0 Å². The first-order chi connectivity index (χ1) is 6.45. The second-order valence-corrected chi connectivity index (χ2v) is 2.82. The molecule has 0 atom stereocenters. The van der Waals surface area contributed by atoms with E-state index >= 15 is 0 Å². The predicted octanol–water partition coefficient (Wildman–Crippen LogP) is 1.05. The highest BCUT2D eigenvalue weighted by molar-refractivity contribution is 5.75. The van der Waals surface area contributed by atoms with E-state index in [2.05, 4.69) is 10.6 Å². The van der Waals surface area contributed by atoms with Gasteiger partial charge in [0.15, 0.2) is 0 Å². The lowest BCUT2D eigenvalue weighted by atomic mass is 10.3. The molecule has 0 spiro atoms. The highest BCUT2D eigenvalue weighted by atomic mass is 19.4. The van der Waals surface area contributed by atoms with Crippen molar-refractivity contribution in [2.24, 2.45) is 0 Å². The highest BCUT2D eigenvalue weighted by Gasteiger charge is 2.26. The van der Waals surface area contributed by atoms with E-state index < -0.39 is 12.6 Å². The number of halogens is 3. The molecule has 3 nitrogen and oxygen atoms in total. The minimum atomic E-state index is -4.20. The first-order valence-corrected chi connectivity index (χ1v) is 4.50. The van der Waals surface area contributed by atoms with Crippen molar-refractivity contribution in [2.45, 2.75) is 25.9 Å². The normalized spacial score (nSPS) is 11.4. The van der Waals surface area contributed by atoms with Crippen LogP contribution in [0.1, 0.15) is 19.8 Å². The average molecular weight is 212 g/mol. The molecule has 0 bridgehead atoms. The van der Waals surface area contributed by atoms with Gasteiger partial charge in [0.2, 0.25) is 5.91 Å². The molecule has 0 aromatic rings. The maximum Gasteiger partial charge on any atom is 0.390 e. The fourth-order valence-corrected chi connectivity index (χ4v) is 0.811. The van der Waals surface area contributed by atoms with Gasteiger partial charge in [0.25, 0.3) is 0 Å². The lowest BCUT2D eigenvalue weighted by molar-refractivity contribution is -0.135. The molecule has 0 saturated heterocycles. The van der Waals surface area contributed by atoms with Crippen LogP contribution in [0.5, 0.6) is 0 Å². The first kappa shape index (κ1) is 13.2. The summed E-state index contributed by atoms with van der Waals surface area (Å²) < 4.78 is 34.9. The quantitative estimate of drug-likeness (QED) is 0.646. The zero-order valence-electron chi connectivity index (χ0n) is 8.08. The minimum absolute atomic E-state index is 0.214. The van der Waals surface area contributed by atoms with Crippen LogP contribution in [0.15, 0.2) is 0 Å². The molecule has 0 saturated carbocycles. The Morgan fingerprint density at radius 3 is 2.43 bits per heavy atom. The fraction of sp³-hybridized carbons (Fsp3) is 0.875. The van der Waals surface area contributed by atoms with Crippen molar-refractivity contribution in [3.05, 3.63) is 0 Å². The van der Waals surface area contributed by atoms with Gasteiger partial charge in [-0.25, -0.2) is 0 Å². The topological polar surface area (TPSA) is 41.1 Å². The van der Waals surface area contributed by atoms with E-state index in [9.17, 15) is 18.0 Å². The Kier molecular flexibility index (Phi) is 6.27. The van der Waals surface area contributed by atoms with Gasteiger partial charge in [-0.1, -0.05) is 6.92 Å². The van der Waals surface area contributed by atoms with Crippen molar-refractivity contribution in [3.63, 3.8) is 0 Å². The van der Waals surface area contributed by atoms with E-state index in [0.29, 0.717) is 6.54 Å². The third-order valence-corrected chi connectivity index (χ3v) is 1.51. The Bertz CT molecular complexity index is 170. The van der Waals surface area contributed by atoms with Crippen molar-refractivity contribution < 1.29 is 18.0 Å². The molecule has 0 fully saturated rings. The third-order valence-electron chi connectivity index (χ3n) is 1.51. The zero-order chi connectivity index (χ0) is 11.0. The van der Waals surface area contributed by atoms with Crippen LogP contribution in [-0.2, 0) is 4.79 Å². The van der Waals surface area contributed by atoms with Crippen molar-refractivity contribution in [3.8, 4) is 0 Å². The number of carbonyl (C=O) groups excluding carboxylic acids is 1. The van der Waals surface area contributed by atoms with E-state index in [1.54, 1.807) is 0 Å². The second-order valence-electron chi connectivity index (χ2n) is 2.82. The standard InChI is InChI=1S/C8H15F3N2O/c1-2-12-5-3-7(14)13-6-4-8(9,10)11/h12H,2-6H2,1H3,(H,13,14).